The van der Waals surface area contributed by atoms with Crippen molar-refractivity contribution in [3.63, 3.8) is 0 Å². The minimum atomic E-state index is -0.708. The van der Waals surface area contributed by atoms with Crippen molar-refractivity contribution in [2.75, 3.05) is 19.0 Å². The Morgan fingerprint density at radius 3 is 2.15 bits per heavy atom. The van der Waals surface area contributed by atoms with E-state index in [-0.39, 0.29) is 24.2 Å². The normalized spacial score (nSPS) is 11.1. The van der Waals surface area contributed by atoms with Crippen molar-refractivity contribution in [3.8, 4) is 21.0 Å². The number of aromatic nitrogens is 2. The Kier molecular flexibility index (Phi) is 6.67. The largest absolute Gasteiger partial charge is 0.378 e. The highest BCUT2D eigenvalue weighted by Crippen LogP contribution is 2.41. The first-order valence-corrected chi connectivity index (χ1v) is 12.0. The predicted molar refractivity (Wildman–Crippen MR) is 131 cm³/mol. The summed E-state index contributed by atoms with van der Waals surface area (Å²) in [6.07, 6.45) is -0.295. The molecule has 0 spiro atoms. The Hall–Kier alpha value is -2.97. The highest BCUT2D eigenvalue weighted by Gasteiger charge is 2.21. The number of anilines is 1. The molecule has 4 aromatic rings. The molecule has 4 rings (SSSR count). The van der Waals surface area contributed by atoms with Gasteiger partial charge in [0.25, 0.3) is 0 Å². The van der Waals surface area contributed by atoms with Gasteiger partial charge in [-0.05, 0) is 43.7 Å². The summed E-state index contributed by atoms with van der Waals surface area (Å²) < 4.78 is 28.0. The summed E-state index contributed by atoms with van der Waals surface area (Å²) >= 11 is 3.00. The summed E-state index contributed by atoms with van der Waals surface area (Å²) in [5.41, 5.74) is 3.56. The zero-order chi connectivity index (χ0) is 23.7. The maximum absolute atomic E-state index is 14.0. The van der Waals surface area contributed by atoms with Crippen LogP contribution in [0.1, 0.15) is 21.3 Å². The molecule has 170 valence electrons. The standard InChI is InChI=1S/C25H23F2N3OS2/c1-14-24(32-15(2)28-14)23-25(16-8-10-17(11-9-16)30(3)4)33-22(29-23)13-18(31)12-19-20(26)6-5-7-21(19)27/h5-11H,12-13H2,1-4H3. The summed E-state index contributed by atoms with van der Waals surface area (Å²) in [5.74, 6) is -1.70. The average Bonchev–Trinajstić information content (AvgIpc) is 3.32. The van der Waals surface area contributed by atoms with Gasteiger partial charge in [-0.25, -0.2) is 18.7 Å². The lowest BCUT2D eigenvalue weighted by Gasteiger charge is -2.12. The van der Waals surface area contributed by atoms with Gasteiger partial charge in [0.05, 0.1) is 26.9 Å². The van der Waals surface area contributed by atoms with Crippen molar-refractivity contribution in [3.05, 3.63) is 75.4 Å². The molecule has 0 atom stereocenters. The molecule has 0 saturated carbocycles. The van der Waals surface area contributed by atoms with Gasteiger partial charge < -0.3 is 4.90 Å². The lowest BCUT2D eigenvalue weighted by atomic mass is 10.1. The average molecular weight is 484 g/mol. The van der Waals surface area contributed by atoms with Crippen LogP contribution < -0.4 is 4.90 Å². The number of hydrogen-bond donors (Lipinski definition) is 0. The molecule has 33 heavy (non-hydrogen) atoms. The van der Waals surface area contributed by atoms with Crippen LogP contribution in [0.3, 0.4) is 0 Å². The number of hydrogen-bond acceptors (Lipinski definition) is 6. The minimum Gasteiger partial charge on any atom is -0.378 e. The second-order valence-electron chi connectivity index (χ2n) is 7.97. The van der Waals surface area contributed by atoms with Crippen LogP contribution in [-0.2, 0) is 17.6 Å². The first-order valence-electron chi connectivity index (χ1n) is 10.4. The van der Waals surface area contributed by atoms with Crippen LogP contribution in [0.15, 0.2) is 42.5 Å². The highest BCUT2D eigenvalue weighted by atomic mass is 32.1. The lowest BCUT2D eigenvalue weighted by molar-refractivity contribution is -0.117. The Balaban J connectivity index is 1.69. The third-order valence-electron chi connectivity index (χ3n) is 5.22. The number of nitrogens with zero attached hydrogens (tertiary/aromatic N) is 3. The van der Waals surface area contributed by atoms with Gasteiger partial charge in [0.2, 0.25) is 0 Å². The van der Waals surface area contributed by atoms with Gasteiger partial charge in [-0.2, -0.15) is 0 Å². The Morgan fingerprint density at radius 1 is 0.909 bits per heavy atom. The number of Topliss-reactive ketones (excluding diaryl/α,β-unsaturated/α-hetero) is 1. The third-order valence-corrected chi connectivity index (χ3v) is 7.40. The number of ketones is 1. The minimum absolute atomic E-state index is 0.0120. The van der Waals surface area contributed by atoms with Crippen LogP contribution >= 0.6 is 22.7 Å². The van der Waals surface area contributed by atoms with Gasteiger partial charge in [-0.1, -0.05) is 18.2 Å². The summed E-state index contributed by atoms with van der Waals surface area (Å²) in [6.45, 7) is 3.90. The Labute approximate surface area is 199 Å². The molecular weight excluding hydrogens is 460 g/mol. The molecule has 0 saturated heterocycles. The summed E-state index contributed by atoms with van der Waals surface area (Å²) in [4.78, 5) is 26.0. The van der Waals surface area contributed by atoms with E-state index >= 15 is 0 Å². The lowest BCUT2D eigenvalue weighted by Crippen LogP contribution is -2.09. The van der Waals surface area contributed by atoms with E-state index in [9.17, 15) is 13.6 Å². The molecule has 0 unspecified atom stereocenters. The Morgan fingerprint density at radius 2 is 1.58 bits per heavy atom. The molecule has 4 nitrogen and oxygen atoms in total. The van der Waals surface area contributed by atoms with Gasteiger partial charge >= 0.3 is 0 Å². The van der Waals surface area contributed by atoms with Crippen molar-refractivity contribution in [2.45, 2.75) is 26.7 Å². The molecule has 0 bridgehead atoms. The number of carbonyl (C=O) groups excluding carboxylic acids is 1. The highest BCUT2D eigenvalue weighted by molar-refractivity contribution is 7.18. The quantitative estimate of drug-likeness (QED) is 0.312. The molecule has 0 aliphatic carbocycles. The van der Waals surface area contributed by atoms with Gasteiger partial charge in [0.1, 0.15) is 28.1 Å². The van der Waals surface area contributed by atoms with Crippen LogP contribution in [0.25, 0.3) is 21.0 Å². The van der Waals surface area contributed by atoms with E-state index in [4.69, 9.17) is 4.98 Å². The van der Waals surface area contributed by atoms with Crippen LogP contribution in [0.5, 0.6) is 0 Å². The maximum atomic E-state index is 14.0. The first-order chi connectivity index (χ1) is 15.7. The molecule has 2 aromatic heterocycles. The second kappa shape index (κ2) is 9.49. The molecule has 8 heteroatoms. The number of carbonyl (C=O) groups is 1. The van der Waals surface area contributed by atoms with Crippen molar-refractivity contribution >= 4 is 34.1 Å². The van der Waals surface area contributed by atoms with E-state index in [2.05, 4.69) is 4.98 Å². The van der Waals surface area contributed by atoms with E-state index in [1.54, 1.807) is 11.3 Å². The molecule has 2 aromatic carbocycles. The molecule has 0 fully saturated rings. The van der Waals surface area contributed by atoms with E-state index in [0.717, 1.165) is 49.5 Å². The summed E-state index contributed by atoms with van der Waals surface area (Å²) in [6, 6.07) is 11.8. The number of halogens is 2. The van der Waals surface area contributed by atoms with Crippen LogP contribution in [0.2, 0.25) is 0 Å². The van der Waals surface area contributed by atoms with Gasteiger partial charge in [-0.15, -0.1) is 22.7 Å². The fourth-order valence-electron chi connectivity index (χ4n) is 3.58. The molecule has 2 heterocycles. The van der Waals surface area contributed by atoms with Crippen molar-refractivity contribution < 1.29 is 13.6 Å². The van der Waals surface area contributed by atoms with E-state index in [1.165, 1.54) is 17.4 Å². The van der Waals surface area contributed by atoms with Crippen LogP contribution in [-0.4, -0.2) is 29.8 Å². The van der Waals surface area contributed by atoms with Crippen molar-refractivity contribution in [1.29, 1.82) is 0 Å². The van der Waals surface area contributed by atoms with E-state index in [1.807, 2.05) is 57.1 Å². The summed E-state index contributed by atoms with van der Waals surface area (Å²) in [7, 11) is 3.97. The molecule has 0 amide bonds. The smallest absolute Gasteiger partial charge is 0.144 e. The van der Waals surface area contributed by atoms with Crippen molar-refractivity contribution in [1.82, 2.24) is 9.97 Å². The molecule has 0 aliphatic heterocycles. The zero-order valence-corrected chi connectivity index (χ0v) is 20.4. The predicted octanol–water partition coefficient (Wildman–Crippen LogP) is 6.25. The van der Waals surface area contributed by atoms with E-state index < -0.39 is 11.6 Å². The maximum Gasteiger partial charge on any atom is 0.144 e. The Bertz CT molecular complexity index is 1290. The first kappa shape index (κ1) is 23.2. The zero-order valence-electron chi connectivity index (χ0n) is 18.8. The molecule has 0 N–H and O–H groups in total. The summed E-state index contributed by atoms with van der Waals surface area (Å²) in [5, 5.41) is 1.56. The third kappa shape index (κ3) is 5.02. The van der Waals surface area contributed by atoms with Crippen LogP contribution in [0.4, 0.5) is 14.5 Å². The number of aryl methyl sites for hydroxylation is 2. The number of thiazole rings is 2. The van der Waals surface area contributed by atoms with Gasteiger partial charge in [-0.3, -0.25) is 4.79 Å². The van der Waals surface area contributed by atoms with E-state index in [0.29, 0.717) is 5.01 Å². The topological polar surface area (TPSA) is 46.1 Å². The monoisotopic (exact) mass is 483 g/mol. The van der Waals surface area contributed by atoms with Crippen molar-refractivity contribution in [2.24, 2.45) is 0 Å². The SMILES string of the molecule is Cc1nc(C)c(-c2nc(CC(=O)Cc3c(F)cccc3F)sc2-c2ccc(N(C)C)cc2)s1. The van der Waals surface area contributed by atoms with Gasteiger partial charge in [0, 0.05) is 31.8 Å². The fourth-order valence-corrected chi connectivity index (χ4v) is 5.67. The molecular formula is C25H23F2N3OS2. The fraction of sp³-hybridized carbons (Fsp3) is 0.240. The molecule has 0 aliphatic rings. The molecule has 0 radical (unpaired) electrons. The van der Waals surface area contributed by atoms with Crippen LogP contribution in [0, 0.1) is 25.5 Å². The number of benzene rings is 2. The number of rotatable bonds is 7. The van der Waals surface area contributed by atoms with Gasteiger partial charge in [0.15, 0.2) is 0 Å². The second-order valence-corrected chi connectivity index (χ2v) is 10.3.